The number of aliphatic hydroxyl groups is 2. The Balaban J connectivity index is 2.53. The van der Waals surface area contributed by atoms with E-state index < -0.39 is 6.10 Å². The van der Waals surface area contributed by atoms with Crippen LogP contribution in [0.25, 0.3) is 0 Å². The van der Waals surface area contributed by atoms with E-state index >= 15 is 0 Å². The Morgan fingerprint density at radius 3 is 2.75 bits per heavy atom. The highest BCUT2D eigenvalue weighted by Crippen LogP contribution is 2.21. The summed E-state index contributed by atoms with van der Waals surface area (Å²) in [6, 6.07) is -0.251. The van der Waals surface area contributed by atoms with E-state index in [9.17, 15) is 5.11 Å². The van der Waals surface area contributed by atoms with Gasteiger partial charge in [0.25, 0.3) is 0 Å². The molecule has 1 rings (SSSR count). The molecule has 1 fully saturated rings. The van der Waals surface area contributed by atoms with Gasteiger partial charge in [0.1, 0.15) is 26.2 Å². The summed E-state index contributed by atoms with van der Waals surface area (Å²) in [5, 5.41) is 18.4. The van der Waals surface area contributed by atoms with Gasteiger partial charge < -0.3 is 19.7 Å². The van der Waals surface area contributed by atoms with E-state index in [0.29, 0.717) is 6.61 Å². The first-order valence-electron chi connectivity index (χ1n) is 4.26. The standard InChI is InChI=1S/C7H15BO4/c1-2-11-6-4(3-9)12-7(8)5(6)10/h4-7,9-10H,2-3,8H2,1H3/t4-,5?,6+,7-/m1/s1. The molecular formula is C7H15BO4. The molecule has 70 valence electrons. The van der Waals surface area contributed by atoms with Gasteiger partial charge in [0.2, 0.25) is 0 Å². The Hall–Kier alpha value is -0.0951. The topological polar surface area (TPSA) is 58.9 Å². The first kappa shape index (κ1) is 9.99. The van der Waals surface area contributed by atoms with Crippen LogP contribution in [0.15, 0.2) is 0 Å². The molecule has 0 aromatic heterocycles. The van der Waals surface area contributed by atoms with E-state index in [1.54, 1.807) is 7.85 Å². The van der Waals surface area contributed by atoms with Crippen LogP contribution >= 0.6 is 0 Å². The smallest absolute Gasteiger partial charge is 0.142 e. The molecule has 1 heterocycles. The second-order valence-corrected chi connectivity index (χ2v) is 2.97. The van der Waals surface area contributed by atoms with E-state index in [0.717, 1.165) is 0 Å². The summed E-state index contributed by atoms with van der Waals surface area (Å²) in [6.45, 7) is 2.27. The summed E-state index contributed by atoms with van der Waals surface area (Å²) in [5.74, 6) is 0. The minimum Gasteiger partial charge on any atom is -0.394 e. The SMILES string of the molecule is B[C@@H]1O[C@H](CO)[C@H](OCC)C1O. The Morgan fingerprint density at radius 2 is 2.25 bits per heavy atom. The van der Waals surface area contributed by atoms with Gasteiger partial charge in [-0.3, -0.25) is 0 Å². The van der Waals surface area contributed by atoms with Gasteiger partial charge in [-0.05, 0) is 6.92 Å². The van der Waals surface area contributed by atoms with Crippen molar-refractivity contribution in [3.05, 3.63) is 0 Å². The van der Waals surface area contributed by atoms with E-state index in [1.807, 2.05) is 6.92 Å². The average Bonchev–Trinajstić information content (AvgIpc) is 2.33. The molecule has 0 aromatic carbocycles. The second kappa shape index (κ2) is 4.23. The first-order valence-corrected chi connectivity index (χ1v) is 4.26. The molecule has 4 atom stereocenters. The molecule has 0 bridgehead atoms. The molecule has 0 spiro atoms. The lowest BCUT2D eigenvalue weighted by molar-refractivity contribution is -0.0489. The molecule has 0 saturated carbocycles. The fraction of sp³-hybridized carbons (Fsp3) is 1.00. The van der Waals surface area contributed by atoms with Gasteiger partial charge in [-0.2, -0.15) is 0 Å². The van der Waals surface area contributed by atoms with Crippen molar-refractivity contribution in [2.24, 2.45) is 0 Å². The molecule has 0 radical (unpaired) electrons. The Bertz CT molecular complexity index is 143. The highest BCUT2D eigenvalue weighted by Gasteiger charge is 2.41. The van der Waals surface area contributed by atoms with Crippen LogP contribution in [-0.2, 0) is 9.47 Å². The van der Waals surface area contributed by atoms with Crippen molar-refractivity contribution in [1.82, 2.24) is 0 Å². The van der Waals surface area contributed by atoms with Crippen LogP contribution in [0.3, 0.4) is 0 Å². The maximum Gasteiger partial charge on any atom is 0.142 e. The zero-order valence-corrected chi connectivity index (χ0v) is 7.43. The van der Waals surface area contributed by atoms with Crippen LogP contribution in [0.5, 0.6) is 0 Å². The first-order chi connectivity index (χ1) is 5.70. The van der Waals surface area contributed by atoms with Gasteiger partial charge in [-0.1, -0.05) is 0 Å². The van der Waals surface area contributed by atoms with E-state index in [2.05, 4.69) is 0 Å². The second-order valence-electron chi connectivity index (χ2n) is 2.97. The van der Waals surface area contributed by atoms with Crippen molar-refractivity contribution < 1.29 is 19.7 Å². The predicted molar refractivity (Wildman–Crippen MR) is 45.7 cm³/mol. The number of hydrogen-bond acceptors (Lipinski definition) is 4. The fourth-order valence-corrected chi connectivity index (χ4v) is 1.47. The quantitative estimate of drug-likeness (QED) is 0.491. The lowest BCUT2D eigenvalue weighted by Gasteiger charge is -2.18. The van der Waals surface area contributed by atoms with Crippen molar-refractivity contribution in [3.63, 3.8) is 0 Å². The third-order valence-corrected chi connectivity index (χ3v) is 2.11. The predicted octanol–water partition coefficient (Wildman–Crippen LogP) is -1.90. The number of hydrogen-bond donors (Lipinski definition) is 2. The number of ether oxygens (including phenoxy) is 2. The van der Waals surface area contributed by atoms with Crippen molar-refractivity contribution >= 4 is 7.85 Å². The van der Waals surface area contributed by atoms with Crippen molar-refractivity contribution in [2.45, 2.75) is 31.2 Å². The Morgan fingerprint density at radius 1 is 1.58 bits per heavy atom. The van der Waals surface area contributed by atoms with Gasteiger partial charge in [0.15, 0.2) is 0 Å². The largest absolute Gasteiger partial charge is 0.394 e. The van der Waals surface area contributed by atoms with E-state index in [4.69, 9.17) is 14.6 Å². The summed E-state index contributed by atoms with van der Waals surface area (Å²) < 4.78 is 10.5. The lowest BCUT2D eigenvalue weighted by Crippen LogP contribution is -2.36. The maximum absolute atomic E-state index is 9.53. The van der Waals surface area contributed by atoms with Gasteiger partial charge in [0, 0.05) is 6.61 Å². The van der Waals surface area contributed by atoms with Crippen LogP contribution in [0.4, 0.5) is 0 Å². The van der Waals surface area contributed by atoms with Gasteiger partial charge in [-0.15, -0.1) is 0 Å². The van der Waals surface area contributed by atoms with Crippen LogP contribution in [0.2, 0.25) is 0 Å². The lowest BCUT2D eigenvalue weighted by atomic mass is 9.93. The third kappa shape index (κ3) is 1.80. The monoisotopic (exact) mass is 174 g/mol. The molecule has 0 aliphatic carbocycles. The number of aliphatic hydroxyl groups excluding tert-OH is 2. The van der Waals surface area contributed by atoms with E-state index in [1.165, 1.54) is 0 Å². The number of rotatable bonds is 3. The minimum absolute atomic E-state index is 0.105. The van der Waals surface area contributed by atoms with Crippen LogP contribution in [-0.4, -0.2) is 55.6 Å². The molecule has 1 saturated heterocycles. The van der Waals surface area contributed by atoms with Gasteiger partial charge in [-0.25, -0.2) is 0 Å². The summed E-state index contributed by atoms with van der Waals surface area (Å²) in [5.41, 5.74) is 0. The normalized spacial score (nSPS) is 41.9. The zero-order valence-electron chi connectivity index (χ0n) is 7.43. The molecule has 12 heavy (non-hydrogen) atoms. The fourth-order valence-electron chi connectivity index (χ4n) is 1.47. The molecule has 1 unspecified atom stereocenters. The molecule has 5 heteroatoms. The molecule has 2 N–H and O–H groups in total. The van der Waals surface area contributed by atoms with Crippen LogP contribution < -0.4 is 0 Å². The van der Waals surface area contributed by atoms with Crippen LogP contribution in [0, 0.1) is 0 Å². The van der Waals surface area contributed by atoms with Gasteiger partial charge in [0.05, 0.1) is 12.6 Å². The highest BCUT2D eigenvalue weighted by molar-refractivity contribution is 6.11. The molecule has 1 aliphatic heterocycles. The minimum atomic E-state index is -0.623. The summed E-state index contributed by atoms with van der Waals surface area (Å²) in [6.07, 6.45) is -1.38. The summed E-state index contributed by atoms with van der Waals surface area (Å²) >= 11 is 0. The summed E-state index contributed by atoms with van der Waals surface area (Å²) in [7, 11) is 1.77. The molecular weight excluding hydrogens is 159 g/mol. The van der Waals surface area contributed by atoms with Crippen molar-refractivity contribution in [1.29, 1.82) is 0 Å². The van der Waals surface area contributed by atoms with Crippen molar-refractivity contribution in [3.8, 4) is 0 Å². The Labute approximate surface area is 72.9 Å². The molecule has 1 aliphatic rings. The Kier molecular flexibility index (Phi) is 3.52. The molecule has 0 amide bonds. The molecule has 4 nitrogen and oxygen atoms in total. The van der Waals surface area contributed by atoms with Gasteiger partial charge >= 0.3 is 0 Å². The highest BCUT2D eigenvalue weighted by atomic mass is 16.6. The average molecular weight is 174 g/mol. The van der Waals surface area contributed by atoms with E-state index in [-0.39, 0.29) is 24.8 Å². The third-order valence-electron chi connectivity index (χ3n) is 2.11. The maximum atomic E-state index is 9.53. The van der Waals surface area contributed by atoms with Crippen molar-refractivity contribution in [2.75, 3.05) is 13.2 Å². The zero-order chi connectivity index (χ0) is 9.14. The molecule has 0 aromatic rings. The summed E-state index contributed by atoms with van der Waals surface area (Å²) in [4.78, 5) is 0. The van der Waals surface area contributed by atoms with Crippen LogP contribution in [0.1, 0.15) is 6.92 Å².